The molecule has 27 heavy (non-hydrogen) atoms. The van der Waals surface area contributed by atoms with Crippen molar-refractivity contribution in [2.75, 3.05) is 0 Å². The van der Waals surface area contributed by atoms with Crippen molar-refractivity contribution >= 4 is 0 Å². The lowest BCUT2D eigenvalue weighted by Crippen LogP contribution is -2.28. The summed E-state index contributed by atoms with van der Waals surface area (Å²) in [5, 5.41) is 0. The average Bonchev–Trinajstić information content (AvgIpc) is 2.71. The maximum absolute atomic E-state index is 2.43. The Morgan fingerprint density at radius 1 is 0.444 bits per heavy atom. The Hall–Kier alpha value is 0. The maximum Gasteiger partial charge on any atom is -0.0297 e. The van der Waals surface area contributed by atoms with E-state index in [9.17, 15) is 0 Å². The third-order valence-corrected chi connectivity index (χ3v) is 8.50. The molecular weight excluding hydrogens is 324 g/mol. The lowest BCUT2D eigenvalue weighted by atomic mass is 9.63. The van der Waals surface area contributed by atoms with Crippen LogP contribution in [0.15, 0.2) is 0 Å². The Labute approximate surface area is 173 Å². The van der Waals surface area contributed by atoms with Crippen LogP contribution < -0.4 is 0 Å². The van der Waals surface area contributed by atoms with Crippen LogP contribution in [0.4, 0.5) is 0 Å². The molecule has 4 fully saturated rings. The molecule has 0 saturated heterocycles. The van der Waals surface area contributed by atoms with Crippen LogP contribution in [0.5, 0.6) is 0 Å². The topological polar surface area (TPSA) is 0 Å². The smallest absolute Gasteiger partial charge is 0.0297 e. The van der Waals surface area contributed by atoms with Gasteiger partial charge < -0.3 is 0 Å². The van der Waals surface area contributed by atoms with E-state index in [1.54, 1.807) is 51.4 Å². The van der Waals surface area contributed by atoms with Crippen molar-refractivity contribution in [1.82, 2.24) is 0 Å². The summed E-state index contributed by atoms with van der Waals surface area (Å²) in [6.07, 6.45) is 27.6. The van der Waals surface area contributed by atoms with Gasteiger partial charge >= 0.3 is 0 Å². The van der Waals surface area contributed by atoms with Crippen LogP contribution >= 0.6 is 0 Å². The Balaban J connectivity index is 0.000000239. The molecule has 0 heteroatoms. The molecule has 0 aromatic carbocycles. The third-order valence-electron chi connectivity index (χ3n) is 8.50. The molecular formula is C27H54. The van der Waals surface area contributed by atoms with Crippen LogP contribution in [0.1, 0.15) is 151 Å². The monoisotopic (exact) mass is 378 g/mol. The molecule has 0 heterocycles. The highest BCUT2D eigenvalue weighted by Crippen LogP contribution is 2.49. The van der Waals surface area contributed by atoms with Gasteiger partial charge in [-0.1, -0.05) is 99.3 Å². The first-order valence-corrected chi connectivity index (χ1v) is 12.6. The van der Waals surface area contributed by atoms with Crippen molar-refractivity contribution in [3.05, 3.63) is 0 Å². The highest BCUT2D eigenvalue weighted by atomic mass is 14.4. The number of hydrogen-bond acceptors (Lipinski definition) is 0. The van der Waals surface area contributed by atoms with Gasteiger partial charge in [0.2, 0.25) is 0 Å². The Morgan fingerprint density at radius 3 is 0.963 bits per heavy atom. The number of hydrogen-bond donors (Lipinski definition) is 0. The molecule has 0 aromatic rings. The first-order chi connectivity index (χ1) is 12.6. The summed E-state index contributed by atoms with van der Waals surface area (Å²) in [6, 6.07) is 0. The SMILES string of the molecule is C.CC.CC1CCC2(CCCCC2)CC1.CC1CCC2(CCCCC2)CC1. The van der Waals surface area contributed by atoms with Gasteiger partial charge in [-0.25, -0.2) is 0 Å². The average molecular weight is 379 g/mol. The summed E-state index contributed by atoms with van der Waals surface area (Å²) in [6.45, 7) is 8.85. The predicted octanol–water partition coefficient (Wildman–Crippen LogP) is 9.96. The van der Waals surface area contributed by atoms with E-state index in [4.69, 9.17) is 0 Å². The van der Waals surface area contributed by atoms with Crippen molar-refractivity contribution in [2.45, 2.75) is 151 Å². The van der Waals surface area contributed by atoms with Crippen LogP contribution in [0, 0.1) is 22.7 Å². The van der Waals surface area contributed by atoms with Crippen molar-refractivity contribution in [3.63, 3.8) is 0 Å². The fourth-order valence-corrected chi connectivity index (χ4v) is 6.35. The van der Waals surface area contributed by atoms with E-state index in [-0.39, 0.29) is 7.43 Å². The lowest BCUT2D eigenvalue weighted by molar-refractivity contribution is 0.102. The van der Waals surface area contributed by atoms with E-state index < -0.39 is 0 Å². The van der Waals surface area contributed by atoms with Gasteiger partial charge in [0.05, 0.1) is 0 Å². The summed E-state index contributed by atoms with van der Waals surface area (Å²) >= 11 is 0. The summed E-state index contributed by atoms with van der Waals surface area (Å²) in [5.41, 5.74) is 1.68. The summed E-state index contributed by atoms with van der Waals surface area (Å²) in [7, 11) is 0. The van der Waals surface area contributed by atoms with E-state index >= 15 is 0 Å². The second-order valence-electron chi connectivity index (χ2n) is 10.5. The lowest BCUT2D eigenvalue weighted by Gasteiger charge is -2.42. The highest BCUT2D eigenvalue weighted by molar-refractivity contribution is 4.87. The minimum atomic E-state index is 0. The van der Waals surface area contributed by atoms with Gasteiger partial charge in [0, 0.05) is 0 Å². The van der Waals surface area contributed by atoms with Gasteiger partial charge in [-0.3, -0.25) is 0 Å². The molecule has 4 aliphatic rings. The van der Waals surface area contributed by atoms with Crippen LogP contribution in [0.25, 0.3) is 0 Å². The van der Waals surface area contributed by atoms with Gasteiger partial charge in [-0.05, 0) is 74.0 Å². The van der Waals surface area contributed by atoms with Crippen LogP contribution in [0.3, 0.4) is 0 Å². The van der Waals surface area contributed by atoms with Gasteiger partial charge in [0.1, 0.15) is 0 Å². The molecule has 0 atom stereocenters. The molecule has 0 N–H and O–H groups in total. The van der Waals surface area contributed by atoms with Gasteiger partial charge in [-0.15, -0.1) is 0 Å². The van der Waals surface area contributed by atoms with E-state index in [0.29, 0.717) is 0 Å². The standard InChI is InChI=1S/2C12H22.C2H6.CH4/c2*1-11-5-9-12(10-6-11)7-3-2-4-8-12;1-2;/h2*11H,2-10H2,1H3;1-2H3;1H4. The Morgan fingerprint density at radius 2 is 0.704 bits per heavy atom. The van der Waals surface area contributed by atoms with Crippen LogP contribution in [0.2, 0.25) is 0 Å². The van der Waals surface area contributed by atoms with Crippen LogP contribution in [-0.2, 0) is 0 Å². The zero-order chi connectivity index (χ0) is 18.9. The molecule has 0 unspecified atom stereocenters. The van der Waals surface area contributed by atoms with Crippen LogP contribution in [-0.4, -0.2) is 0 Å². The molecule has 4 aliphatic carbocycles. The zero-order valence-corrected chi connectivity index (χ0v) is 18.9. The van der Waals surface area contributed by atoms with Gasteiger partial charge in [-0.2, -0.15) is 0 Å². The normalized spacial score (nSPS) is 29.6. The molecule has 4 saturated carbocycles. The summed E-state index contributed by atoms with van der Waals surface area (Å²) < 4.78 is 0. The van der Waals surface area contributed by atoms with E-state index in [1.165, 1.54) is 64.2 Å². The molecule has 0 amide bonds. The van der Waals surface area contributed by atoms with Gasteiger partial charge in [0.15, 0.2) is 0 Å². The molecule has 4 rings (SSSR count). The fraction of sp³-hybridized carbons (Fsp3) is 1.00. The maximum atomic E-state index is 2.43. The molecule has 0 nitrogen and oxygen atoms in total. The Kier molecular flexibility index (Phi) is 11.6. The Bertz CT molecular complexity index is 300. The second-order valence-corrected chi connectivity index (χ2v) is 10.5. The van der Waals surface area contributed by atoms with Crippen molar-refractivity contribution in [2.24, 2.45) is 22.7 Å². The quantitative estimate of drug-likeness (QED) is 0.393. The van der Waals surface area contributed by atoms with Crippen molar-refractivity contribution in [3.8, 4) is 0 Å². The first kappa shape index (κ1) is 25.0. The fourth-order valence-electron chi connectivity index (χ4n) is 6.35. The van der Waals surface area contributed by atoms with Gasteiger partial charge in [0.25, 0.3) is 0 Å². The summed E-state index contributed by atoms with van der Waals surface area (Å²) in [5.74, 6) is 2.05. The molecule has 0 aliphatic heterocycles. The molecule has 0 bridgehead atoms. The van der Waals surface area contributed by atoms with Crippen molar-refractivity contribution in [1.29, 1.82) is 0 Å². The van der Waals surface area contributed by atoms with E-state index in [2.05, 4.69) is 13.8 Å². The molecule has 2 spiro atoms. The minimum absolute atomic E-state index is 0. The number of rotatable bonds is 0. The molecule has 0 radical (unpaired) electrons. The van der Waals surface area contributed by atoms with E-state index in [0.717, 1.165) is 22.7 Å². The van der Waals surface area contributed by atoms with Crippen molar-refractivity contribution < 1.29 is 0 Å². The predicted molar refractivity (Wildman–Crippen MR) is 124 cm³/mol. The zero-order valence-electron chi connectivity index (χ0n) is 18.9. The summed E-state index contributed by atoms with van der Waals surface area (Å²) in [4.78, 5) is 0. The largest absolute Gasteiger partial charge is 0.0776 e. The third kappa shape index (κ3) is 7.74. The first-order valence-electron chi connectivity index (χ1n) is 12.6. The van der Waals surface area contributed by atoms with E-state index in [1.807, 2.05) is 13.8 Å². The molecule has 0 aromatic heterocycles. The highest BCUT2D eigenvalue weighted by Gasteiger charge is 2.35. The minimum Gasteiger partial charge on any atom is -0.0776 e. The second kappa shape index (κ2) is 12.5. The molecule has 162 valence electrons.